The predicted molar refractivity (Wildman–Crippen MR) is 128 cm³/mol. The van der Waals surface area contributed by atoms with Crippen molar-refractivity contribution in [3.8, 4) is 0 Å². The van der Waals surface area contributed by atoms with Crippen molar-refractivity contribution in [2.75, 3.05) is 13.2 Å². The van der Waals surface area contributed by atoms with E-state index in [1.807, 2.05) is 62.5 Å². The molecule has 0 saturated carbocycles. The Labute approximate surface area is 197 Å². The molecular weight excluding hydrogens is 438 g/mol. The lowest BCUT2D eigenvalue weighted by atomic mass is 10.0. The van der Waals surface area contributed by atoms with Gasteiger partial charge in [0.05, 0.1) is 11.6 Å². The molecule has 8 nitrogen and oxygen atoms in total. The molecule has 2 aromatic heterocycles. The SMILES string of the molecule is CCC(C)(C)NC(=O)[C@H](c1cccs1)N(C[C@H]1CCCO1)C(=O)Cn1nnc2ccccc21. The molecule has 3 aromatic rings. The van der Waals surface area contributed by atoms with E-state index in [1.54, 1.807) is 9.58 Å². The van der Waals surface area contributed by atoms with Crippen LogP contribution in [0.15, 0.2) is 41.8 Å². The van der Waals surface area contributed by atoms with Gasteiger partial charge in [-0.2, -0.15) is 0 Å². The maximum atomic E-state index is 13.7. The predicted octanol–water partition coefficient (Wildman–Crippen LogP) is 3.55. The van der Waals surface area contributed by atoms with E-state index in [4.69, 9.17) is 4.74 Å². The number of nitrogens with zero attached hydrogens (tertiary/aromatic N) is 4. The highest BCUT2D eigenvalue weighted by Crippen LogP contribution is 2.29. The summed E-state index contributed by atoms with van der Waals surface area (Å²) in [5, 5.41) is 13.4. The highest BCUT2D eigenvalue weighted by atomic mass is 32.1. The number of carbonyl (C=O) groups is 2. The van der Waals surface area contributed by atoms with E-state index < -0.39 is 6.04 Å². The fourth-order valence-corrected chi connectivity index (χ4v) is 4.81. The number of thiophene rings is 1. The first-order valence-electron chi connectivity index (χ1n) is 11.4. The highest BCUT2D eigenvalue weighted by molar-refractivity contribution is 7.10. The Balaban J connectivity index is 1.66. The van der Waals surface area contributed by atoms with E-state index in [0.717, 1.165) is 35.2 Å². The van der Waals surface area contributed by atoms with Crippen LogP contribution in [0.5, 0.6) is 0 Å². The molecule has 33 heavy (non-hydrogen) atoms. The molecule has 1 fully saturated rings. The first-order chi connectivity index (χ1) is 15.9. The number of para-hydroxylation sites is 1. The first kappa shape index (κ1) is 23.4. The van der Waals surface area contributed by atoms with Gasteiger partial charge < -0.3 is 15.0 Å². The molecule has 3 heterocycles. The van der Waals surface area contributed by atoms with Crippen LogP contribution in [0.25, 0.3) is 11.0 Å². The lowest BCUT2D eigenvalue weighted by molar-refractivity contribution is -0.143. The Morgan fingerprint density at radius 2 is 2.12 bits per heavy atom. The average Bonchev–Trinajstić information content (AvgIpc) is 3.56. The van der Waals surface area contributed by atoms with Gasteiger partial charge in [0.15, 0.2) is 0 Å². The zero-order chi connectivity index (χ0) is 23.4. The van der Waals surface area contributed by atoms with Crippen molar-refractivity contribution < 1.29 is 14.3 Å². The number of aromatic nitrogens is 3. The van der Waals surface area contributed by atoms with Gasteiger partial charge in [-0.1, -0.05) is 30.3 Å². The zero-order valence-corrected chi connectivity index (χ0v) is 20.2. The number of benzene rings is 1. The van der Waals surface area contributed by atoms with Gasteiger partial charge in [0.1, 0.15) is 18.1 Å². The molecule has 1 aromatic carbocycles. The zero-order valence-electron chi connectivity index (χ0n) is 19.4. The molecule has 2 atom stereocenters. The van der Waals surface area contributed by atoms with Gasteiger partial charge in [-0.05, 0) is 56.7 Å². The fourth-order valence-electron chi connectivity index (χ4n) is 3.97. The standard InChI is InChI=1S/C24H31N5O3S/c1-4-24(2,3)25-23(31)22(20-12-8-14-33-20)28(15-17-9-7-13-32-17)21(30)16-29-19-11-6-5-10-18(19)26-27-29/h5-6,8,10-12,14,17,22H,4,7,9,13,15-16H2,1-3H3,(H,25,31)/t17-,22+/m1/s1. The van der Waals surface area contributed by atoms with E-state index >= 15 is 0 Å². The first-order valence-corrected chi connectivity index (χ1v) is 12.3. The van der Waals surface area contributed by atoms with E-state index in [2.05, 4.69) is 15.6 Å². The van der Waals surface area contributed by atoms with Gasteiger partial charge in [0.25, 0.3) is 0 Å². The second-order valence-corrected chi connectivity index (χ2v) is 10.0. The third kappa shape index (κ3) is 5.42. The smallest absolute Gasteiger partial charge is 0.248 e. The summed E-state index contributed by atoms with van der Waals surface area (Å²) >= 11 is 1.48. The normalized spacial score (nSPS) is 17.2. The minimum absolute atomic E-state index is 0.000437. The van der Waals surface area contributed by atoms with Crippen LogP contribution in [0, 0.1) is 0 Å². The summed E-state index contributed by atoms with van der Waals surface area (Å²) in [6.07, 6.45) is 2.52. The number of nitrogens with one attached hydrogen (secondary N) is 1. The van der Waals surface area contributed by atoms with Crippen molar-refractivity contribution in [1.82, 2.24) is 25.2 Å². The van der Waals surface area contributed by atoms with E-state index in [-0.39, 0.29) is 30.0 Å². The molecular formula is C24H31N5O3S. The quantitative estimate of drug-likeness (QED) is 0.518. The van der Waals surface area contributed by atoms with Crippen molar-refractivity contribution in [1.29, 1.82) is 0 Å². The monoisotopic (exact) mass is 469 g/mol. The summed E-state index contributed by atoms with van der Waals surface area (Å²) in [6, 6.07) is 10.6. The molecule has 9 heteroatoms. The molecule has 0 radical (unpaired) electrons. The van der Waals surface area contributed by atoms with Crippen molar-refractivity contribution in [3.05, 3.63) is 46.7 Å². The number of rotatable bonds is 9. The number of ether oxygens (including phenoxy) is 1. The third-order valence-corrected chi connectivity index (χ3v) is 7.09. The molecule has 0 unspecified atom stereocenters. The van der Waals surface area contributed by atoms with Crippen LogP contribution >= 0.6 is 11.3 Å². The van der Waals surface area contributed by atoms with Crippen LogP contribution in [0.2, 0.25) is 0 Å². The van der Waals surface area contributed by atoms with Crippen molar-refractivity contribution >= 4 is 34.2 Å². The van der Waals surface area contributed by atoms with Gasteiger partial charge in [-0.3, -0.25) is 9.59 Å². The van der Waals surface area contributed by atoms with Crippen LogP contribution < -0.4 is 5.32 Å². The lowest BCUT2D eigenvalue weighted by Crippen LogP contribution is -2.52. The van der Waals surface area contributed by atoms with Crippen LogP contribution in [-0.4, -0.2) is 56.5 Å². The second kappa shape index (κ2) is 10.0. The van der Waals surface area contributed by atoms with Crippen LogP contribution in [0.4, 0.5) is 0 Å². The van der Waals surface area contributed by atoms with Crippen LogP contribution in [0.3, 0.4) is 0 Å². The van der Waals surface area contributed by atoms with E-state index in [0.29, 0.717) is 13.2 Å². The minimum Gasteiger partial charge on any atom is -0.376 e. The summed E-state index contributed by atoms with van der Waals surface area (Å²) in [5.41, 5.74) is 1.13. The number of amides is 2. The van der Waals surface area contributed by atoms with Crippen LogP contribution in [-0.2, 0) is 20.9 Å². The summed E-state index contributed by atoms with van der Waals surface area (Å²) in [7, 11) is 0. The topological polar surface area (TPSA) is 89.4 Å². The Morgan fingerprint density at radius 3 is 2.82 bits per heavy atom. The van der Waals surface area contributed by atoms with Crippen molar-refractivity contribution in [3.63, 3.8) is 0 Å². The Kier molecular flexibility index (Phi) is 7.09. The Hall–Kier alpha value is -2.78. The van der Waals surface area contributed by atoms with Gasteiger partial charge in [-0.25, -0.2) is 4.68 Å². The second-order valence-electron chi connectivity index (χ2n) is 9.06. The van der Waals surface area contributed by atoms with Crippen LogP contribution in [0.1, 0.15) is 51.0 Å². The summed E-state index contributed by atoms with van der Waals surface area (Å²) < 4.78 is 7.45. The van der Waals surface area contributed by atoms with Crippen molar-refractivity contribution in [2.45, 2.75) is 64.3 Å². The van der Waals surface area contributed by atoms with Gasteiger partial charge in [0.2, 0.25) is 11.8 Å². The highest BCUT2D eigenvalue weighted by Gasteiger charge is 2.36. The van der Waals surface area contributed by atoms with E-state index in [9.17, 15) is 9.59 Å². The fraction of sp³-hybridized carbons (Fsp3) is 0.500. The molecule has 1 aliphatic rings. The largest absolute Gasteiger partial charge is 0.376 e. The molecule has 0 aliphatic carbocycles. The Morgan fingerprint density at radius 1 is 1.30 bits per heavy atom. The summed E-state index contributed by atoms with van der Waals surface area (Å²) in [4.78, 5) is 29.8. The average molecular weight is 470 g/mol. The molecule has 4 rings (SSSR count). The molecule has 1 N–H and O–H groups in total. The Bertz CT molecular complexity index is 1090. The van der Waals surface area contributed by atoms with Crippen molar-refractivity contribution in [2.24, 2.45) is 0 Å². The number of hydrogen-bond acceptors (Lipinski definition) is 6. The lowest BCUT2D eigenvalue weighted by Gasteiger charge is -2.35. The van der Waals surface area contributed by atoms with Gasteiger partial charge in [-0.15, -0.1) is 16.4 Å². The van der Waals surface area contributed by atoms with Gasteiger partial charge >= 0.3 is 0 Å². The van der Waals surface area contributed by atoms with Gasteiger partial charge in [0, 0.05) is 23.6 Å². The molecule has 1 saturated heterocycles. The maximum Gasteiger partial charge on any atom is 0.248 e. The molecule has 2 amide bonds. The van der Waals surface area contributed by atoms with E-state index in [1.165, 1.54) is 11.3 Å². The summed E-state index contributed by atoms with van der Waals surface area (Å²) in [5.74, 6) is -0.372. The number of carbonyl (C=O) groups excluding carboxylic acids is 2. The number of hydrogen-bond donors (Lipinski definition) is 1. The molecule has 0 spiro atoms. The summed E-state index contributed by atoms with van der Waals surface area (Å²) in [6.45, 7) is 7.05. The molecule has 176 valence electrons. The third-order valence-electron chi connectivity index (χ3n) is 6.17. The molecule has 1 aliphatic heterocycles. The molecule has 0 bridgehead atoms. The maximum absolute atomic E-state index is 13.7. The minimum atomic E-state index is -0.734. The number of fused-ring (bicyclic) bond motifs is 1.